The van der Waals surface area contributed by atoms with Crippen LogP contribution in [0.4, 0.5) is 28.8 Å². The van der Waals surface area contributed by atoms with E-state index in [1.54, 1.807) is 39.0 Å². The summed E-state index contributed by atoms with van der Waals surface area (Å²) in [7, 11) is -1.08. The third kappa shape index (κ3) is 9.77. The van der Waals surface area contributed by atoms with Crippen LogP contribution in [0.1, 0.15) is 55.2 Å². The third-order valence-electron chi connectivity index (χ3n) is 12.3. The van der Waals surface area contributed by atoms with Gasteiger partial charge in [-0.25, -0.2) is 4.98 Å². The van der Waals surface area contributed by atoms with Crippen molar-refractivity contribution in [1.82, 2.24) is 35.1 Å². The van der Waals surface area contributed by atoms with Crippen molar-refractivity contribution in [1.29, 1.82) is 0 Å². The first kappa shape index (κ1) is 44.0. The molecule has 3 aliphatic heterocycles. The monoisotopic (exact) mass is 942 g/mol. The highest BCUT2D eigenvalue weighted by Gasteiger charge is 2.31. The van der Waals surface area contributed by atoms with E-state index in [1.165, 1.54) is 11.3 Å². The molecule has 8 rings (SSSR count). The van der Waals surface area contributed by atoms with Crippen LogP contribution in [0.3, 0.4) is 0 Å². The molecular weight excluding hydrogens is 891 g/mol. The second-order valence-corrected chi connectivity index (χ2v) is 21.0. The number of rotatable bonds is 13. The number of aryl methyl sites for hydroxylation is 1. The average molecular weight is 944 g/mol. The standard InChI is InChI=1S/C45H53BrClN10O4P/c1-5-29-25-37(52-45-50-27-33(46)43(54-45)51-36-10-9-35-41(49-16-15-48-35)42(36)62(3,4)60)39(61-2)26-38(29)57-18-13-30(14-19-57)56-22-20-55(21-23-56)17-12-28-6-7-31(34(47)24-28)32-8-11-40(58)53-44(32)59/h6-7,9-10,15-16,24-27,30,32H,5,8,11-14,17-23H2,1-4H3,(H,53,58,59)(H2,50,51,52,54). The van der Waals surface area contributed by atoms with E-state index in [2.05, 4.69) is 86.7 Å². The molecule has 3 aliphatic rings. The quantitative estimate of drug-likeness (QED) is 0.0789. The Bertz CT molecular complexity index is 2530. The maximum Gasteiger partial charge on any atom is 0.234 e. The number of benzene rings is 3. The Morgan fingerprint density at radius 3 is 2.42 bits per heavy atom. The zero-order chi connectivity index (χ0) is 43.5. The molecule has 3 aromatic carbocycles. The normalized spacial score (nSPS) is 18.2. The SMILES string of the molecule is CCc1cc(Nc2ncc(Br)c(Nc3ccc4nccnc4c3P(C)(C)=O)n2)c(OC)cc1N1CCC(N2CCN(CCc3ccc(C4CCC(=O)NC4=O)c(Cl)c3)CC2)CC1. The summed E-state index contributed by atoms with van der Waals surface area (Å²) in [4.78, 5) is 50.0. The van der Waals surface area contributed by atoms with Gasteiger partial charge in [0.1, 0.15) is 24.2 Å². The lowest BCUT2D eigenvalue weighted by atomic mass is 9.89. The third-order valence-corrected chi connectivity index (χ3v) is 14.7. The fourth-order valence-electron chi connectivity index (χ4n) is 9.00. The van der Waals surface area contributed by atoms with Crippen molar-refractivity contribution in [2.24, 2.45) is 0 Å². The van der Waals surface area contributed by atoms with E-state index < -0.39 is 7.14 Å². The van der Waals surface area contributed by atoms with Crippen LogP contribution in [0.5, 0.6) is 5.75 Å². The number of piperidine rings is 2. The maximum atomic E-state index is 13.5. The minimum atomic E-state index is -2.77. The lowest BCUT2D eigenvalue weighted by Gasteiger charge is -2.43. The molecule has 5 aromatic rings. The first-order valence-electron chi connectivity index (χ1n) is 21.3. The zero-order valence-electron chi connectivity index (χ0n) is 35.6. The highest BCUT2D eigenvalue weighted by Crippen LogP contribution is 2.42. The van der Waals surface area contributed by atoms with E-state index in [4.69, 9.17) is 21.3 Å². The minimum Gasteiger partial charge on any atom is -0.494 e. The minimum absolute atomic E-state index is 0.218. The molecule has 0 aliphatic carbocycles. The number of hydrogen-bond acceptors (Lipinski definition) is 13. The number of carbonyl (C=O) groups is 2. The van der Waals surface area contributed by atoms with Crippen molar-refractivity contribution in [3.8, 4) is 5.75 Å². The van der Waals surface area contributed by atoms with Crippen LogP contribution in [-0.2, 0) is 27.0 Å². The maximum absolute atomic E-state index is 13.5. The van der Waals surface area contributed by atoms with Gasteiger partial charge in [-0.3, -0.25) is 29.8 Å². The van der Waals surface area contributed by atoms with Crippen molar-refractivity contribution in [3.05, 3.63) is 87.2 Å². The molecule has 326 valence electrons. The first-order valence-corrected chi connectivity index (χ1v) is 25.1. The summed E-state index contributed by atoms with van der Waals surface area (Å²) in [6, 6.07) is 14.6. The van der Waals surface area contributed by atoms with Crippen LogP contribution >= 0.6 is 34.7 Å². The van der Waals surface area contributed by atoms with Crippen molar-refractivity contribution in [2.75, 3.05) is 81.8 Å². The highest BCUT2D eigenvalue weighted by molar-refractivity contribution is 9.10. The number of anilines is 5. The molecule has 3 fully saturated rings. The molecule has 0 bridgehead atoms. The van der Waals surface area contributed by atoms with Crippen molar-refractivity contribution < 1.29 is 18.9 Å². The number of halogens is 2. The average Bonchev–Trinajstić information content (AvgIpc) is 3.26. The lowest BCUT2D eigenvalue weighted by molar-refractivity contribution is -0.134. The number of hydrogen-bond donors (Lipinski definition) is 3. The molecule has 1 atom stereocenters. The summed E-state index contributed by atoms with van der Waals surface area (Å²) in [5.41, 5.74) is 7.06. The molecule has 3 N–H and O–H groups in total. The van der Waals surface area contributed by atoms with E-state index in [9.17, 15) is 14.2 Å². The number of methoxy groups -OCH3 is 1. The molecule has 2 amide bonds. The van der Waals surface area contributed by atoms with Crippen molar-refractivity contribution in [2.45, 2.75) is 57.4 Å². The molecule has 5 heterocycles. The smallest absolute Gasteiger partial charge is 0.234 e. The zero-order valence-corrected chi connectivity index (χ0v) is 38.8. The first-order chi connectivity index (χ1) is 29.9. The Hall–Kier alpha value is -4.66. The number of fused-ring (bicyclic) bond motifs is 1. The van der Waals surface area contributed by atoms with Gasteiger partial charge in [-0.05, 0) is 102 Å². The van der Waals surface area contributed by atoms with Crippen LogP contribution < -0.4 is 30.9 Å². The number of carbonyl (C=O) groups excluding carboxylic acids is 2. The van der Waals surface area contributed by atoms with E-state index in [-0.39, 0.29) is 17.7 Å². The van der Waals surface area contributed by atoms with Crippen LogP contribution in [0.2, 0.25) is 5.02 Å². The highest BCUT2D eigenvalue weighted by atomic mass is 79.9. The van der Waals surface area contributed by atoms with Gasteiger partial charge in [-0.15, -0.1) is 0 Å². The number of imide groups is 1. The van der Waals surface area contributed by atoms with Crippen molar-refractivity contribution >= 4 is 91.7 Å². The van der Waals surface area contributed by atoms with Gasteiger partial charge in [0, 0.05) is 93.6 Å². The molecule has 62 heavy (non-hydrogen) atoms. The Morgan fingerprint density at radius 1 is 0.935 bits per heavy atom. The van der Waals surface area contributed by atoms with E-state index in [0.717, 1.165) is 88.3 Å². The van der Waals surface area contributed by atoms with Gasteiger partial charge in [0.05, 0.1) is 39.7 Å². The number of nitrogens with zero attached hydrogens (tertiary/aromatic N) is 7. The summed E-state index contributed by atoms with van der Waals surface area (Å²) >= 11 is 10.2. The number of ether oxygens (including phenoxy) is 1. The van der Waals surface area contributed by atoms with Gasteiger partial charge < -0.3 is 29.7 Å². The van der Waals surface area contributed by atoms with Crippen molar-refractivity contribution in [3.63, 3.8) is 0 Å². The number of aromatic nitrogens is 4. The fraction of sp³-hybridized carbons (Fsp3) is 0.422. The topological polar surface area (TPSA) is 158 Å². The molecule has 14 nitrogen and oxygen atoms in total. The second kappa shape index (κ2) is 19.0. The largest absolute Gasteiger partial charge is 0.494 e. The van der Waals surface area contributed by atoms with Crippen LogP contribution in [0, 0.1) is 0 Å². The van der Waals surface area contributed by atoms with E-state index >= 15 is 0 Å². The van der Waals surface area contributed by atoms with Gasteiger partial charge in [-0.1, -0.05) is 30.7 Å². The van der Waals surface area contributed by atoms with Gasteiger partial charge >= 0.3 is 0 Å². The van der Waals surface area contributed by atoms with Gasteiger partial charge in [-0.2, -0.15) is 4.98 Å². The van der Waals surface area contributed by atoms with E-state index in [0.29, 0.717) is 67.9 Å². The Balaban J connectivity index is 0.864. The molecule has 0 spiro atoms. The molecule has 0 saturated carbocycles. The number of piperazine rings is 1. The number of amides is 2. The molecule has 3 saturated heterocycles. The van der Waals surface area contributed by atoms with Gasteiger partial charge in [0.25, 0.3) is 0 Å². The van der Waals surface area contributed by atoms with Gasteiger partial charge in [0.15, 0.2) is 0 Å². The summed E-state index contributed by atoms with van der Waals surface area (Å²) in [5.74, 6) is 0.747. The van der Waals surface area contributed by atoms with Crippen LogP contribution in [0.25, 0.3) is 11.0 Å². The lowest BCUT2D eigenvalue weighted by Crippen LogP contribution is -2.53. The predicted octanol–water partition coefficient (Wildman–Crippen LogP) is 7.49. The summed E-state index contributed by atoms with van der Waals surface area (Å²) in [6.07, 6.45) is 9.70. The molecular formula is C45H53BrClN10O4P. The van der Waals surface area contributed by atoms with Crippen LogP contribution in [-0.4, -0.2) is 114 Å². The summed E-state index contributed by atoms with van der Waals surface area (Å²) in [5, 5.41) is 10.4. The molecule has 1 unspecified atom stereocenters. The molecule has 0 radical (unpaired) electrons. The predicted molar refractivity (Wildman–Crippen MR) is 251 cm³/mol. The van der Waals surface area contributed by atoms with Crippen LogP contribution in [0.15, 0.2) is 65.5 Å². The fourth-order valence-corrected chi connectivity index (χ4v) is 11.0. The Morgan fingerprint density at radius 2 is 1.71 bits per heavy atom. The molecule has 17 heteroatoms. The summed E-state index contributed by atoms with van der Waals surface area (Å²) < 4.78 is 20.1. The Kier molecular flexibility index (Phi) is 13.5. The molecule has 2 aromatic heterocycles. The second-order valence-electron chi connectivity index (χ2n) is 16.6. The summed E-state index contributed by atoms with van der Waals surface area (Å²) in [6.45, 7) is 12.7. The number of nitrogens with one attached hydrogen (secondary N) is 3. The van der Waals surface area contributed by atoms with E-state index in [1.807, 2.05) is 24.3 Å². The van der Waals surface area contributed by atoms with Gasteiger partial charge in [0.2, 0.25) is 17.8 Å². The Labute approximate surface area is 376 Å².